The van der Waals surface area contributed by atoms with E-state index in [2.05, 4.69) is 10.3 Å². The summed E-state index contributed by atoms with van der Waals surface area (Å²) in [5.74, 6) is 0.352. The Morgan fingerprint density at radius 2 is 2.36 bits per heavy atom. The number of aromatic nitrogens is 1. The second-order valence-electron chi connectivity index (χ2n) is 2.54. The largest absolute Gasteiger partial charge is 0.395 e. The lowest BCUT2D eigenvalue weighted by molar-refractivity contribution is -0.384. The van der Waals surface area contributed by atoms with Crippen LogP contribution in [-0.4, -0.2) is 28.2 Å². The first kappa shape index (κ1) is 10.2. The highest BCUT2D eigenvalue weighted by molar-refractivity contribution is 5.52. The summed E-state index contributed by atoms with van der Waals surface area (Å²) < 4.78 is 0. The molecule has 0 atom stereocenters. The molecule has 0 aliphatic rings. The molecule has 0 bridgehead atoms. The minimum absolute atomic E-state index is 0.0691. The molecule has 0 spiro atoms. The van der Waals surface area contributed by atoms with Gasteiger partial charge in [-0.1, -0.05) is 0 Å². The highest BCUT2D eigenvalue weighted by atomic mass is 16.6. The Morgan fingerprint density at radius 3 is 2.93 bits per heavy atom. The fourth-order valence-electron chi connectivity index (χ4n) is 0.917. The van der Waals surface area contributed by atoms with Crippen LogP contribution in [0.1, 0.15) is 0 Å². The monoisotopic (exact) mass is 198 g/mol. The molecule has 0 fully saturated rings. The average molecular weight is 198 g/mol. The van der Waals surface area contributed by atoms with Crippen molar-refractivity contribution in [2.24, 2.45) is 0 Å². The molecule has 1 aromatic rings. The van der Waals surface area contributed by atoms with E-state index in [0.717, 1.165) is 0 Å². The molecule has 7 nitrogen and oxygen atoms in total. The van der Waals surface area contributed by atoms with Crippen LogP contribution in [0.5, 0.6) is 0 Å². The van der Waals surface area contributed by atoms with Crippen LogP contribution in [0, 0.1) is 10.1 Å². The zero-order chi connectivity index (χ0) is 10.6. The fraction of sp³-hybridized carbons (Fsp3) is 0.286. The van der Waals surface area contributed by atoms with Crippen molar-refractivity contribution < 1.29 is 10.0 Å². The van der Waals surface area contributed by atoms with Crippen molar-refractivity contribution in [2.45, 2.75) is 0 Å². The normalized spacial score (nSPS) is 9.79. The predicted octanol–water partition coefficient (Wildman–Crippen LogP) is -0.0238. The van der Waals surface area contributed by atoms with E-state index >= 15 is 0 Å². The molecule has 0 saturated heterocycles. The van der Waals surface area contributed by atoms with Gasteiger partial charge in [0.05, 0.1) is 23.7 Å². The van der Waals surface area contributed by atoms with Crippen LogP contribution in [-0.2, 0) is 0 Å². The van der Waals surface area contributed by atoms with Crippen LogP contribution in [0.25, 0.3) is 0 Å². The quantitative estimate of drug-likeness (QED) is 0.462. The van der Waals surface area contributed by atoms with E-state index in [1.807, 2.05) is 0 Å². The maximum Gasteiger partial charge on any atom is 0.276 e. The number of nitrogens with zero attached hydrogens (tertiary/aromatic N) is 2. The van der Waals surface area contributed by atoms with Gasteiger partial charge in [-0.2, -0.15) is 0 Å². The number of nitrogen functional groups attached to an aromatic ring is 1. The Morgan fingerprint density at radius 1 is 1.64 bits per heavy atom. The number of rotatable bonds is 4. The van der Waals surface area contributed by atoms with Crippen molar-refractivity contribution in [2.75, 3.05) is 24.2 Å². The van der Waals surface area contributed by atoms with Crippen molar-refractivity contribution in [3.63, 3.8) is 0 Å². The van der Waals surface area contributed by atoms with Crippen molar-refractivity contribution >= 4 is 17.3 Å². The smallest absolute Gasteiger partial charge is 0.276 e. The number of aliphatic hydroxyl groups excluding tert-OH is 1. The van der Waals surface area contributed by atoms with E-state index in [1.165, 1.54) is 12.1 Å². The van der Waals surface area contributed by atoms with Gasteiger partial charge in [-0.15, -0.1) is 0 Å². The van der Waals surface area contributed by atoms with E-state index in [9.17, 15) is 10.1 Å². The van der Waals surface area contributed by atoms with Crippen molar-refractivity contribution in [3.05, 3.63) is 22.2 Å². The number of aliphatic hydroxyl groups is 1. The Hall–Kier alpha value is -1.89. The van der Waals surface area contributed by atoms with Crippen molar-refractivity contribution in [1.82, 2.24) is 4.98 Å². The number of nitrogens with one attached hydrogen (secondary N) is 1. The minimum atomic E-state index is -0.553. The summed E-state index contributed by atoms with van der Waals surface area (Å²) in [5, 5.41) is 21.6. The number of anilines is 2. The number of nitro groups is 1. The summed E-state index contributed by atoms with van der Waals surface area (Å²) in [4.78, 5) is 13.7. The molecule has 0 radical (unpaired) electrons. The van der Waals surface area contributed by atoms with Gasteiger partial charge in [-0.25, -0.2) is 4.98 Å². The Kier molecular flexibility index (Phi) is 3.19. The minimum Gasteiger partial charge on any atom is -0.395 e. The molecular weight excluding hydrogens is 188 g/mol. The van der Waals surface area contributed by atoms with Crippen LogP contribution >= 0.6 is 0 Å². The molecule has 76 valence electrons. The SMILES string of the molecule is Nc1cc([N+](=O)[O-])cc(NCCO)n1. The third kappa shape index (κ3) is 2.56. The topological polar surface area (TPSA) is 114 Å². The summed E-state index contributed by atoms with van der Waals surface area (Å²) in [6, 6.07) is 2.43. The molecule has 4 N–H and O–H groups in total. The van der Waals surface area contributed by atoms with Crippen LogP contribution in [0.15, 0.2) is 12.1 Å². The zero-order valence-corrected chi connectivity index (χ0v) is 7.30. The molecular formula is C7H10N4O3. The maximum absolute atomic E-state index is 10.4. The molecule has 0 aliphatic heterocycles. The molecule has 14 heavy (non-hydrogen) atoms. The molecule has 0 amide bonds. The predicted molar refractivity (Wildman–Crippen MR) is 50.9 cm³/mol. The van der Waals surface area contributed by atoms with Gasteiger partial charge in [-0.05, 0) is 0 Å². The molecule has 1 rings (SSSR count). The summed E-state index contributed by atoms with van der Waals surface area (Å²) in [7, 11) is 0. The lowest BCUT2D eigenvalue weighted by Gasteiger charge is -2.03. The number of hydrogen-bond donors (Lipinski definition) is 3. The molecule has 0 aliphatic carbocycles. The van der Waals surface area contributed by atoms with Crippen molar-refractivity contribution in [3.8, 4) is 0 Å². The van der Waals surface area contributed by atoms with Gasteiger partial charge in [0.1, 0.15) is 11.6 Å². The van der Waals surface area contributed by atoms with E-state index in [1.54, 1.807) is 0 Å². The summed E-state index contributed by atoms with van der Waals surface area (Å²) in [5.41, 5.74) is 5.22. The summed E-state index contributed by atoms with van der Waals surface area (Å²) in [6.45, 7) is 0.192. The molecule has 7 heteroatoms. The fourth-order valence-corrected chi connectivity index (χ4v) is 0.917. The van der Waals surface area contributed by atoms with Gasteiger partial charge in [0.25, 0.3) is 5.69 Å². The van der Waals surface area contributed by atoms with Gasteiger partial charge in [-0.3, -0.25) is 10.1 Å². The van der Waals surface area contributed by atoms with E-state index in [0.29, 0.717) is 0 Å². The Labute approximate surface area is 79.7 Å². The van der Waals surface area contributed by atoms with Gasteiger partial charge in [0.15, 0.2) is 0 Å². The van der Waals surface area contributed by atoms with Gasteiger partial charge in [0.2, 0.25) is 0 Å². The summed E-state index contributed by atoms with van der Waals surface area (Å²) in [6.07, 6.45) is 0. The van der Waals surface area contributed by atoms with Crippen LogP contribution in [0.2, 0.25) is 0 Å². The van der Waals surface area contributed by atoms with Crippen LogP contribution in [0.4, 0.5) is 17.3 Å². The first-order valence-corrected chi connectivity index (χ1v) is 3.90. The van der Waals surface area contributed by atoms with E-state index in [4.69, 9.17) is 10.8 Å². The zero-order valence-electron chi connectivity index (χ0n) is 7.30. The summed E-state index contributed by atoms with van der Waals surface area (Å²) >= 11 is 0. The first-order valence-electron chi connectivity index (χ1n) is 3.90. The number of nitrogens with two attached hydrogens (primary N) is 1. The third-order valence-corrected chi connectivity index (χ3v) is 1.46. The van der Waals surface area contributed by atoms with Crippen molar-refractivity contribution in [1.29, 1.82) is 0 Å². The lowest BCUT2D eigenvalue weighted by Crippen LogP contribution is -2.08. The third-order valence-electron chi connectivity index (χ3n) is 1.46. The standard InChI is InChI=1S/C7H10N4O3/c8-6-3-5(11(13)14)4-7(10-6)9-1-2-12/h3-4,12H,1-2H2,(H3,8,9,10). The molecule has 1 aromatic heterocycles. The van der Waals surface area contributed by atoms with Gasteiger partial charge >= 0.3 is 0 Å². The Bertz CT molecular complexity index is 342. The molecule has 0 saturated carbocycles. The highest BCUT2D eigenvalue weighted by Crippen LogP contribution is 2.18. The second-order valence-corrected chi connectivity index (χ2v) is 2.54. The van der Waals surface area contributed by atoms with E-state index in [-0.39, 0.29) is 30.5 Å². The maximum atomic E-state index is 10.4. The van der Waals surface area contributed by atoms with Gasteiger partial charge < -0.3 is 16.2 Å². The van der Waals surface area contributed by atoms with Crippen LogP contribution < -0.4 is 11.1 Å². The average Bonchev–Trinajstić information content (AvgIpc) is 2.14. The number of pyridine rings is 1. The highest BCUT2D eigenvalue weighted by Gasteiger charge is 2.08. The van der Waals surface area contributed by atoms with Gasteiger partial charge in [0, 0.05) is 6.54 Å². The van der Waals surface area contributed by atoms with Crippen LogP contribution in [0.3, 0.4) is 0 Å². The number of hydrogen-bond acceptors (Lipinski definition) is 6. The lowest BCUT2D eigenvalue weighted by atomic mass is 10.3. The first-order chi connectivity index (χ1) is 6.63. The molecule has 1 heterocycles. The van der Waals surface area contributed by atoms with E-state index < -0.39 is 4.92 Å². The molecule has 0 aromatic carbocycles. The molecule has 0 unspecified atom stereocenters. The second kappa shape index (κ2) is 4.38. The Balaban J connectivity index is 2.89.